The second-order valence-electron chi connectivity index (χ2n) is 5.19. The average molecular weight is 303 g/mol. The van der Waals surface area contributed by atoms with E-state index in [9.17, 15) is 9.59 Å². The second-order valence-corrected chi connectivity index (χ2v) is 5.19. The Kier molecular flexibility index (Phi) is 5.55. The number of ether oxygens (including phenoxy) is 1. The molecule has 118 valence electrons. The second kappa shape index (κ2) is 7.61. The van der Waals surface area contributed by atoms with Gasteiger partial charge in [0.15, 0.2) is 0 Å². The summed E-state index contributed by atoms with van der Waals surface area (Å²) < 4.78 is 5.42. The van der Waals surface area contributed by atoms with E-state index in [4.69, 9.17) is 4.74 Å². The molecule has 6 heteroatoms. The summed E-state index contributed by atoms with van der Waals surface area (Å²) in [6.07, 6.45) is 1.70. The van der Waals surface area contributed by atoms with Crippen molar-refractivity contribution in [2.45, 2.75) is 6.54 Å². The normalized spacial score (nSPS) is 14.1. The number of rotatable bonds is 7. The van der Waals surface area contributed by atoms with Gasteiger partial charge < -0.3 is 10.1 Å². The van der Waals surface area contributed by atoms with E-state index in [0.717, 1.165) is 11.3 Å². The fraction of sp³-hybridized carbons (Fsp3) is 0.375. The zero-order chi connectivity index (χ0) is 15.9. The molecule has 0 unspecified atom stereocenters. The predicted molar refractivity (Wildman–Crippen MR) is 83.6 cm³/mol. The van der Waals surface area contributed by atoms with Gasteiger partial charge >= 0.3 is 6.03 Å². The molecule has 0 spiro atoms. The predicted octanol–water partition coefficient (Wildman–Crippen LogP) is 1.24. The fourth-order valence-electron chi connectivity index (χ4n) is 2.24. The first-order valence-corrected chi connectivity index (χ1v) is 7.19. The van der Waals surface area contributed by atoms with Gasteiger partial charge in [-0.25, -0.2) is 4.79 Å². The summed E-state index contributed by atoms with van der Waals surface area (Å²) in [6, 6.07) is 7.40. The Labute approximate surface area is 130 Å². The molecule has 1 aliphatic rings. The lowest BCUT2D eigenvalue weighted by Gasteiger charge is -2.19. The zero-order valence-corrected chi connectivity index (χ0v) is 12.7. The van der Waals surface area contributed by atoms with Crippen molar-refractivity contribution in [1.82, 2.24) is 15.1 Å². The van der Waals surface area contributed by atoms with E-state index in [2.05, 4.69) is 11.9 Å². The lowest BCUT2D eigenvalue weighted by molar-refractivity contribution is -0.128. The number of nitrogens with one attached hydrogen (secondary N) is 1. The van der Waals surface area contributed by atoms with Crippen molar-refractivity contribution >= 4 is 11.9 Å². The van der Waals surface area contributed by atoms with Gasteiger partial charge in [0.2, 0.25) is 5.91 Å². The molecule has 0 aromatic heterocycles. The molecule has 22 heavy (non-hydrogen) atoms. The summed E-state index contributed by atoms with van der Waals surface area (Å²) >= 11 is 0. The van der Waals surface area contributed by atoms with Crippen molar-refractivity contribution in [3.05, 3.63) is 42.5 Å². The van der Waals surface area contributed by atoms with Crippen LogP contribution >= 0.6 is 0 Å². The van der Waals surface area contributed by atoms with Gasteiger partial charge in [0.1, 0.15) is 12.4 Å². The number of imide groups is 1. The monoisotopic (exact) mass is 303 g/mol. The number of nitrogens with zero attached hydrogens (tertiary/aromatic N) is 2. The average Bonchev–Trinajstić information content (AvgIpc) is 2.92. The number of carbonyl (C=O) groups excluding carboxylic acids is 2. The molecule has 0 radical (unpaired) electrons. The van der Waals surface area contributed by atoms with E-state index in [0.29, 0.717) is 26.2 Å². The van der Waals surface area contributed by atoms with Gasteiger partial charge in [0, 0.05) is 19.6 Å². The Morgan fingerprint density at radius 2 is 2.18 bits per heavy atom. The summed E-state index contributed by atoms with van der Waals surface area (Å²) in [5.41, 5.74) is 1.08. The molecular weight excluding hydrogens is 282 g/mol. The smallest absolute Gasteiger partial charge is 0.324 e. The van der Waals surface area contributed by atoms with Crippen LogP contribution in [0.25, 0.3) is 0 Å². The molecule has 6 nitrogen and oxygen atoms in total. The van der Waals surface area contributed by atoms with E-state index in [-0.39, 0.29) is 18.5 Å². The van der Waals surface area contributed by atoms with E-state index >= 15 is 0 Å². The van der Waals surface area contributed by atoms with E-state index in [1.807, 2.05) is 36.2 Å². The highest BCUT2D eigenvalue weighted by Gasteiger charge is 2.26. The fourth-order valence-corrected chi connectivity index (χ4v) is 2.24. The molecule has 1 N–H and O–H groups in total. The highest BCUT2D eigenvalue weighted by molar-refractivity contribution is 5.96. The molecule has 1 heterocycles. The lowest BCUT2D eigenvalue weighted by Crippen LogP contribution is -2.40. The molecule has 1 aromatic rings. The molecule has 0 saturated carbocycles. The quantitative estimate of drug-likeness (QED) is 0.770. The standard InChI is InChI=1S/C16H21N3O3/c1-3-10-22-14-6-4-13(5-7-14)11-18(2)12-15(20)19-9-8-17-16(19)21/h3-7H,1,8-12H2,2H3,(H,17,21). The minimum absolute atomic E-state index is 0.177. The van der Waals surface area contributed by atoms with Gasteiger partial charge in [-0.3, -0.25) is 14.6 Å². The van der Waals surface area contributed by atoms with Crippen LogP contribution in [0.15, 0.2) is 36.9 Å². The molecule has 1 saturated heterocycles. The molecule has 0 atom stereocenters. The number of urea groups is 1. The maximum absolute atomic E-state index is 12.0. The highest BCUT2D eigenvalue weighted by atomic mass is 16.5. The van der Waals surface area contributed by atoms with Gasteiger partial charge in [0.25, 0.3) is 0 Å². The van der Waals surface area contributed by atoms with Gasteiger partial charge in [-0.1, -0.05) is 24.8 Å². The first-order valence-electron chi connectivity index (χ1n) is 7.19. The Morgan fingerprint density at radius 1 is 1.45 bits per heavy atom. The lowest BCUT2D eigenvalue weighted by atomic mass is 10.2. The summed E-state index contributed by atoms with van der Waals surface area (Å²) in [5, 5.41) is 2.62. The van der Waals surface area contributed by atoms with Crippen LogP contribution in [0.4, 0.5) is 4.79 Å². The van der Waals surface area contributed by atoms with Gasteiger partial charge in [-0.2, -0.15) is 0 Å². The highest BCUT2D eigenvalue weighted by Crippen LogP contribution is 2.13. The molecule has 1 aromatic carbocycles. The first-order chi connectivity index (χ1) is 10.6. The van der Waals surface area contributed by atoms with Crippen LogP contribution in [0, 0.1) is 0 Å². The first kappa shape index (κ1) is 16.0. The number of hydrogen-bond acceptors (Lipinski definition) is 4. The van der Waals surface area contributed by atoms with Crippen molar-refractivity contribution in [3.8, 4) is 5.75 Å². The summed E-state index contributed by atoms with van der Waals surface area (Å²) in [4.78, 5) is 26.6. The molecule has 2 rings (SSSR count). The molecular formula is C16H21N3O3. The van der Waals surface area contributed by atoms with Gasteiger partial charge in [-0.15, -0.1) is 0 Å². The van der Waals surface area contributed by atoms with Gasteiger partial charge in [0.05, 0.1) is 6.54 Å². The number of amides is 3. The molecule has 0 aliphatic carbocycles. The number of hydrogen-bond donors (Lipinski definition) is 1. The van der Waals surface area contributed by atoms with E-state index in [1.165, 1.54) is 4.90 Å². The van der Waals surface area contributed by atoms with Crippen LogP contribution in [0.2, 0.25) is 0 Å². The minimum atomic E-state index is -0.304. The van der Waals surface area contributed by atoms with Crippen molar-refractivity contribution in [1.29, 1.82) is 0 Å². The maximum atomic E-state index is 12.0. The van der Waals surface area contributed by atoms with Crippen molar-refractivity contribution < 1.29 is 14.3 Å². The molecule has 0 bridgehead atoms. The van der Waals surface area contributed by atoms with Crippen LogP contribution < -0.4 is 10.1 Å². The Bertz CT molecular complexity index is 542. The zero-order valence-electron chi connectivity index (χ0n) is 12.7. The van der Waals surface area contributed by atoms with Crippen LogP contribution in [0.5, 0.6) is 5.75 Å². The molecule has 1 aliphatic heterocycles. The molecule has 3 amide bonds. The van der Waals surface area contributed by atoms with Gasteiger partial charge in [-0.05, 0) is 24.7 Å². The molecule has 1 fully saturated rings. The largest absolute Gasteiger partial charge is 0.490 e. The van der Waals surface area contributed by atoms with E-state index in [1.54, 1.807) is 6.08 Å². The number of benzene rings is 1. The van der Waals surface area contributed by atoms with Crippen LogP contribution in [-0.4, -0.2) is 55.0 Å². The van der Waals surface area contributed by atoms with Crippen LogP contribution in [0.3, 0.4) is 0 Å². The van der Waals surface area contributed by atoms with Crippen molar-refractivity contribution in [3.63, 3.8) is 0 Å². The Morgan fingerprint density at radius 3 is 2.77 bits per heavy atom. The SMILES string of the molecule is C=CCOc1ccc(CN(C)CC(=O)N2CCNC2=O)cc1. The topological polar surface area (TPSA) is 61.9 Å². The third-order valence-corrected chi connectivity index (χ3v) is 3.31. The van der Waals surface area contributed by atoms with E-state index < -0.39 is 0 Å². The summed E-state index contributed by atoms with van der Waals surface area (Å²) in [7, 11) is 1.86. The number of likely N-dealkylation sites (N-methyl/N-ethyl adjacent to an activating group) is 1. The summed E-state index contributed by atoms with van der Waals surface area (Å²) in [6.45, 7) is 5.89. The van der Waals surface area contributed by atoms with Crippen LogP contribution in [-0.2, 0) is 11.3 Å². The third kappa shape index (κ3) is 4.33. The van der Waals surface area contributed by atoms with Crippen LogP contribution in [0.1, 0.15) is 5.56 Å². The summed E-state index contributed by atoms with van der Waals surface area (Å²) in [5.74, 6) is 0.611. The van der Waals surface area contributed by atoms with Crippen molar-refractivity contribution in [2.24, 2.45) is 0 Å². The third-order valence-electron chi connectivity index (χ3n) is 3.31. The number of carbonyl (C=O) groups is 2. The minimum Gasteiger partial charge on any atom is -0.490 e. The Hall–Kier alpha value is -2.34. The maximum Gasteiger partial charge on any atom is 0.324 e. The Balaban J connectivity index is 1.83. The van der Waals surface area contributed by atoms with Crippen molar-refractivity contribution in [2.75, 3.05) is 33.3 Å².